The maximum Gasteiger partial charge on any atom is 0.227 e. The predicted octanol–water partition coefficient (Wildman–Crippen LogP) is 3.65. The first-order valence-electron chi connectivity index (χ1n) is 6.53. The molecule has 0 heterocycles. The number of rotatable bonds is 4. The Labute approximate surface area is 123 Å². The third-order valence-corrected chi connectivity index (χ3v) is 3.67. The average Bonchev–Trinajstić information content (AvgIpc) is 2.49. The molecule has 1 aliphatic rings. The molecule has 5 heteroatoms. The van der Waals surface area contributed by atoms with Gasteiger partial charge in [0, 0.05) is 18.1 Å². The third-order valence-electron chi connectivity index (χ3n) is 3.37. The van der Waals surface area contributed by atoms with Crippen LogP contribution in [0.3, 0.4) is 0 Å². The van der Waals surface area contributed by atoms with Gasteiger partial charge in [-0.2, -0.15) is 0 Å². The summed E-state index contributed by atoms with van der Waals surface area (Å²) in [5.74, 6) is 1.03. The molecular formula is C15H18ClNO3. The van der Waals surface area contributed by atoms with Crippen molar-refractivity contribution < 1.29 is 14.3 Å². The van der Waals surface area contributed by atoms with Gasteiger partial charge in [-0.1, -0.05) is 23.8 Å². The zero-order valence-corrected chi connectivity index (χ0v) is 12.4. The minimum atomic E-state index is -0.00275. The second kappa shape index (κ2) is 6.66. The summed E-state index contributed by atoms with van der Waals surface area (Å²) in [6.07, 6.45) is 6.75. The fourth-order valence-electron chi connectivity index (χ4n) is 2.22. The summed E-state index contributed by atoms with van der Waals surface area (Å²) >= 11 is 6.04. The summed E-state index contributed by atoms with van der Waals surface area (Å²) in [5.41, 5.74) is 0.577. The molecule has 1 atom stereocenters. The Kier molecular flexibility index (Phi) is 4.90. The smallest absolute Gasteiger partial charge is 0.227 e. The second-order valence-corrected chi connectivity index (χ2v) is 5.06. The highest BCUT2D eigenvalue weighted by Crippen LogP contribution is 2.36. The van der Waals surface area contributed by atoms with Gasteiger partial charge < -0.3 is 14.8 Å². The maximum absolute atomic E-state index is 12.2. The number of amides is 1. The van der Waals surface area contributed by atoms with Gasteiger partial charge in [0.1, 0.15) is 11.5 Å². The van der Waals surface area contributed by atoms with Crippen molar-refractivity contribution in [1.29, 1.82) is 0 Å². The molecule has 0 fully saturated rings. The summed E-state index contributed by atoms with van der Waals surface area (Å²) in [6.45, 7) is 0. The molecule has 1 aliphatic carbocycles. The number of carbonyl (C=O) groups is 1. The Bertz CT molecular complexity index is 528. The first-order chi connectivity index (χ1) is 9.65. The number of hydrogen-bond acceptors (Lipinski definition) is 3. The highest BCUT2D eigenvalue weighted by atomic mass is 35.5. The van der Waals surface area contributed by atoms with E-state index in [4.69, 9.17) is 21.1 Å². The lowest BCUT2D eigenvalue weighted by atomic mass is 9.93. The number of anilines is 1. The zero-order chi connectivity index (χ0) is 14.5. The van der Waals surface area contributed by atoms with Gasteiger partial charge in [0.15, 0.2) is 0 Å². The number of methoxy groups -OCH3 is 2. The second-order valence-electron chi connectivity index (χ2n) is 4.66. The SMILES string of the molecule is COc1cc(NC(=O)C2CC=CCC2)c(OC)cc1Cl. The van der Waals surface area contributed by atoms with Crippen molar-refractivity contribution in [3.63, 3.8) is 0 Å². The van der Waals surface area contributed by atoms with E-state index < -0.39 is 0 Å². The summed E-state index contributed by atoms with van der Waals surface area (Å²) in [5, 5.41) is 3.34. The van der Waals surface area contributed by atoms with Crippen LogP contribution in [0.15, 0.2) is 24.3 Å². The van der Waals surface area contributed by atoms with Crippen LogP contribution in [0.25, 0.3) is 0 Å². The van der Waals surface area contributed by atoms with Crippen LogP contribution in [0.1, 0.15) is 19.3 Å². The van der Waals surface area contributed by atoms with E-state index in [1.54, 1.807) is 12.1 Å². The van der Waals surface area contributed by atoms with E-state index in [1.807, 2.05) is 6.08 Å². The van der Waals surface area contributed by atoms with Gasteiger partial charge in [0.2, 0.25) is 5.91 Å². The Morgan fingerprint density at radius 2 is 2.00 bits per heavy atom. The number of benzene rings is 1. The van der Waals surface area contributed by atoms with Gasteiger partial charge in [0.05, 0.1) is 24.9 Å². The molecule has 108 valence electrons. The van der Waals surface area contributed by atoms with Gasteiger partial charge >= 0.3 is 0 Å². The van der Waals surface area contributed by atoms with Crippen molar-refractivity contribution in [3.8, 4) is 11.5 Å². The number of allylic oxidation sites excluding steroid dienone is 2. The molecule has 1 N–H and O–H groups in total. The van der Waals surface area contributed by atoms with Gasteiger partial charge in [-0.15, -0.1) is 0 Å². The van der Waals surface area contributed by atoms with Crippen LogP contribution >= 0.6 is 11.6 Å². The molecule has 0 aromatic heterocycles. The molecule has 0 bridgehead atoms. The number of hydrogen-bond donors (Lipinski definition) is 1. The molecule has 1 unspecified atom stereocenters. The first-order valence-corrected chi connectivity index (χ1v) is 6.91. The molecule has 0 saturated heterocycles. The standard InChI is InChI=1S/C15H18ClNO3/c1-19-13-9-12(14(20-2)8-11(13)16)17-15(18)10-6-4-3-5-7-10/h3-4,8-10H,5-7H2,1-2H3,(H,17,18). The Balaban J connectivity index is 2.19. The summed E-state index contributed by atoms with van der Waals surface area (Å²) in [6, 6.07) is 3.31. The molecule has 20 heavy (non-hydrogen) atoms. The molecule has 2 rings (SSSR count). The van der Waals surface area contributed by atoms with Crippen LogP contribution in [0.5, 0.6) is 11.5 Å². The van der Waals surface area contributed by atoms with Gasteiger partial charge in [0.25, 0.3) is 0 Å². The molecule has 1 aromatic carbocycles. The summed E-state index contributed by atoms with van der Waals surface area (Å²) < 4.78 is 10.4. The number of halogens is 1. The summed E-state index contributed by atoms with van der Waals surface area (Å²) in [7, 11) is 3.07. The van der Waals surface area contributed by atoms with Gasteiger partial charge in [-0.25, -0.2) is 0 Å². The minimum Gasteiger partial charge on any atom is -0.495 e. The van der Waals surface area contributed by atoms with E-state index in [2.05, 4.69) is 11.4 Å². The van der Waals surface area contributed by atoms with E-state index >= 15 is 0 Å². The largest absolute Gasteiger partial charge is 0.495 e. The van der Waals surface area contributed by atoms with Gasteiger partial charge in [-0.3, -0.25) is 4.79 Å². The predicted molar refractivity (Wildman–Crippen MR) is 79.7 cm³/mol. The zero-order valence-electron chi connectivity index (χ0n) is 11.6. The lowest BCUT2D eigenvalue weighted by molar-refractivity contribution is -0.120. The molecule has 0 spiro atoms. The third kappa shape index (κ3) is 3.25. The lowest BCUT2D eigenvalue weighted by Crippen LogP contribution is -2.23. The Morgan fingerprint density at radius 1 is 1.25 bits per heavy atom. The Hall–Kier alpha value is -1.68. The van der Waals surface area contributed by atoms with Crippen LogP contribution in [-0.4, -0.2) is 20.1 Å². The molecular weight excluding hydrogens is 278 g/mol. The van der Waals surface area contributed by atoms with Crippen LogP contribution in [0.2, 0.25) is 5.02 Å². The van der Waals surface area contributed by atoms with Crippen LogP contribution in [0, 0.1) is 5.92 Å². The maximum atomic E-state index is 12.2. The van der Waals surface area contributed by atoms with Crippen molar-refractivity contribution in [2.75, 3.05) is 19.5 Å². The number of nitrogens with one attached hydrogen (secondary N) is 1. The van der Waals surface area contributed by atoms with Crippen LogP contribution < -0.4 is 14.8 Å². The molecule has 0 aliphatic heterocycles. The summed E-state index contributed by atoms with van der Waals surface area (Å²) in [4.78, 5) is 12.2. The van der Waals surface area contributed by atoms with Crippen molar-refractivity contribution in [1.82, 2.24) is 0 Å². The molecule has 0 radical (unpaired) electrons. The van der Waals surface area contributed by atoms with Crippen molar-refractivity contribution in [2.24, 2.45) is 5.92 Å². The number of ether oxygens (including phenoxy) is 2. The van der Waals surface area contributed by atoms with Crippen molar-refractivity contribution in [2.45, 2.75) is 19.3 Å². The topological polar surface area (TPSA) is 47.6 Å². The normalized spacial score (nSPS) is 17.6. The van der Waals surface area contributed by atoms with E-state index in [-0.39, 0.29) is 11.8 Å². The van der Waals surface area contributed by atoms with Crippen LogP contribution in [-0.2, 0) is 4.79 Å². The first kappa shape index (κ1) is 14.7. The van der Waals surface area contributed by atoms with E-state index in [1.165, 1.54) is 14.2 Å². The van der Waals surface area contributed by atoms with Gasteiger partial charge in [-0.05, 0) is 19.3 Å². The molecule has 4 nitrogen and oxygen atoms in total. The number of carbonyl (C=O) groups excluding carboxylic acids is 1. The fourth-order valence-corrected chi connectivity index (χ4v) is 2.46. The highest BCUT2D eigenvalue weighted by Gasteiger charge is 2.20. The highest BCUT2D eigenvalue weighted by molar-refractivity contribution is 6.32. The average molecular weight is 296 g/mol. The monoisotopic (exact) mass is 295 g/mol. The van der Waals surface area contributed by atoms with E-state index in [9.17, 15) is 4.79 Å². The van der Waals surface area contributed by atoms with Crippen LogP contribution in [0.4, 0.5) is 5.69 Å². The quantitative estimate of drug-likeness (QED) is 0.863. The molecule has 1 amide bonds. The van der Waals surface area contributed by atoms with E-state index in [0.717, 1.165) is 19.3 Å². The van der Waals surface area contributed by atoms with Crippen molar-refractivity contribution >= 4 is 23.2 Å². The van der Waals surface area contributed by atoms with E-state index in [0.29, 0.717) is 22.2 Å². The lowest BCUT2D eigenvalue weighted by Gasteiger charge is -2.19. The fraction of sp³-hybridized carbons (Fsp3) is 0.400. The minimum absolute atomic E-state index is 0.00275. The molecule has 1 aromatic rings. The van der Waals surface area contributed by atoms with Crippen molar-refractivity contribution in [3.05, 3.63) is 29.3 Å². The Morgan fingerprint density at radius 3 is 2.60 bits per heavy atom. The molecule has 0 saturated carbocycles.